The quantitative estimate of drug-likeness (QED) is 0.421. The maximum absolute atomic E-state index is 13.9. The smallest absolute Gasteiger partial charge is 0.256 e. The molecule has 0 aliphatic carbocycles. The van der Waals surface area contributed by atoms with E-state index >= 15 is 0 Å². The van der Waals surface area contributed by atoms with E-state index in [2.05, 4.69) is 22.0 Å². The first kappa shape index (κ1) is 19.3. The van der Waals surface area contributed by atoms with Gasteiger partial charge in [-0.1, -0.05) is 39.3 Å². The van der Waals surface area contributed by atoms with Gasteiger partial charge in [0.15, 0.2) is 0 Å². The van der Waals surface area contributed by atoms with Crippen molar-refractivity contribution in [2.45, 2.75) is 13.0 Å². The molecule has 1 heterocycles. The van der Waals surface area contributed by atoms with Gasteiger partial charge < -0.3 is 4.57 Å². The van der Waals surface area contributed by atoms with E-state index < -0.39 is 24.3 Å². The minimum Gasteiger partial charge on any atom is -0.336 e. The molecule has 0 fully saturated rings. The van der Waals surface area contributed by atoms with Gasteiger partial charge in [-0.3, -0.25) is 4.79 Å². The third kappa shape index (κ3) is 4.39. The monoisotopic (exact) mass is 545 g/mol. The van der Waals surface area contributed by atoms with Gasteiger partial charge in [0.2, 0.25) is 5.56 Å². The van der Waals surface area contributed by atoms with E-state index in [9.17, 15) is 18.0 Å². The summed E-state index contributed by atoms with van der Waals surface area (Å²) >= 11 is 4.90. The van der Waals surface area contributed by atoms with Gasteiger partial charge in [-0.15, -0.1) is 22.6 Å². The van der Waals surface area contributed by atoms with Crippen LogP contribution in [-0.2, 0) is 39.3 Å². The van der Waals surface area contributed by atoms with Crippen molar-refractivity contribution in [3.63, 3.8) is 0 Å². The molecule has 2 nitrogen and oxygen atoms in total. The summed E-state index contributed by atoms with van der Waals surface area (Å²) in [5, 5.41) is 0. The van der Waals surface area contributed by atoms with Crippen LogP contribution in [-0.4, -0.2) is 11.0 Å². The Bertz CT molecular complexity index is 688. The molecule has 0 unspecified atom stereocenters. The van der Waals surface area contributed by atoms with Crippen LogP contribution in [0, 0.1) is 15.5 Å². The Hall–Kier alpha value is 0.274. The number of alkyl halides is 2. The zero-order valence-corrected chi connectivity index (χ0v) is 17.0. The molecule has 0 aliphatic heterocycles. The van der Waals surface area contributed by atoms with Crippen LogP contribution in [0.3, 0.4) is 0 Å². The Morgan fingerprint density at radius 1 is 1.38 bits per heavy atom. The summed E-state index contributed by atoms with van der Waals surface area (Å²) < 4.78 is 40.7. The molecule has 0 bridgehead atoms. The van der Waals surface area contributed by atoms with Crippen molar-refractivity contribution in [1.29, 1.82) is 0 Å². The van der Waals surface area contributed by atoms with E-state index in [0.29, 0.717) is 4.47 Å². The molecule has 0 aliphatic rings. The van der Waals surface area contributed by atoms with E-state index in [-0.39, 0.29) is 47.5 Å². The average molecular weight is 546 g/mol. The maximum atomic E-state index is 13.9. The number of hydrogen-bond donors (Lipinski definition) is 0. The van der Waals surface area contributed by atoms with Crippen molar-refractivity contribution in [2.75, 3.05) is 0 Å². The molecule has 21 heavy (non-hydrogen) atoms. The van der Waals surface area contributed by atoms with E-state index in [4.69, 9.17) is 0 Å². The molecule has 8 heteroatoms. The number of benzene rings is 1. The zero-order chi connectivity index (χ0) is 14.9. The van der Waals surface area contributed by atoms with Crippen LogP contribution in [0.2, 0.25) is 0 Å². The molecular formula is C13H7BrF3INOY-. The molecule has 0 amide bonds. The summed E-state index contributed by atoms with van der Waals surface area (Å²) in [6.45, 7) is -0.803. The second kappa shape index (κ2) is 8.22. The van der Waals surface area contributed by atoms with E-state index in [1.807, 2.05) is 0 Å². The normalized spacial score (nSPS) is 10.6. The van der Waals surface area contributed by atoms with Crippen molar-refractivity contribution < 1.29 is 45.9 Å². The van der Waals surface area contributed by atoms with Gasteiger partial charge >= 0.3 is 0 Å². The summed E-state index contributed by atoms with van der Waals surface area (Å²) in [4.78, 5) is 12.0. The number of halogens is 5. The molecule has 1 radical (unpaired) electrons. The van der Waals surface area contributed by atoms with Gasteiger partial charge in [-0.2, -0.15) is 12.1 Å². The number of rotatable bonds is 3. The molecule has 109 valence electrons. The molecule has 2 rings (SSSR count). The van der Waals surface area contributed by atoms with E-state index in [1.165, 1.54) is 18.2 Å². The first-order valence-electron chi connectivity index (χ1n) is 5.45. The summed E-state index contributed by atoms with van der Waals surface area (Å²) in [6, 6.07) is 8.31. The standard InChI is InChI=1S/C13H7BrF3INO.Y/c14-7-2-1-3-8(15)12(7)10-5-4-9(18)13(20)19(10)6-11(16)17;/h1-4,11H,6H2;/q-1;. The maximum Gasteiger partial charge on any atom is 0.256 e. The fraction of sp³-hybridized carbons (Fsp3) is 0.154. The molecule has 2 aromatic rings. The predicted octanol–water partition coefficient (Wildman–Crippen LogP) is 4.08. The SMILES string of the molecule is O=c1c(I)c[c-]c(-c2c(F)cccc2Br)n1CC(F)F.[Y]. The Balaban J connectivity index is 0.00000220. The molecule has 0 spiro atoms. The number of hydrogen-bond acceptors (Lipinski definition) is 1. The van der Waals surface area contributed by atoms with Crippen molar-refractivity contribution in [3.05, 3.63) is 54.5 Å². The van der Waals surface area contributed by atoms with Gasteiger partial charge in [0.25, 0.3) is 6.43 Å². The van der Waals surface area contributed by atoms with Gasteiger partial charge in [-0.05, 0) is 14.1 Å². The van der Waals surface area contributed by atoms with Gasteiger partial charge in [-0.25, -0.2) is 13.2 Å². The van der Waals surface area contributed by atoms with Crippen molar-refractivity contribution in [3.8, 4) is 11.3 Å². The third-order valence-electron chi connectivity index (χ3n) is 2.58. The Kier molecular flexibility index (Phi) is 7.56. The van der Waals surface area contributed by atoms with Crippen molar-refractivity contribution in [1.82, 2.24) is 4.57 Å². The molecule has 0 atom stereocenters. The topological polar surface area (TPSA) is 22.0 Å². The second-order valence-electron chi connectivity index (χ2n) is 3.89. The Morgan fingerprint density at radius 3 is 2.62 bits per heavy atom. The summed E-state index contributed by atoms with van der Waals surface area (Å²) in [6.07, 6.45) is -2.72. The second-order valence-corrected chi connectivity index (χ2v) is 5.91. The first-order valence-corrected chi connectivity index (χ1v) is 7.32. The number of pyridine rings is 1. The third-order valence-corrected chi connectivity index (χ3v) is 4.01. The molecule has 0 saturated carbocycles. The van der Waals surface area contributed by atoms with E-state index in [1.54, 1.807) is 28.7 Å². The van der Waals surface area contributed by atoms with Crippen LogP contribution in [0.15, 0.2) is 33.5 Å². The van der Waals surface area contributed by atoms with Crippen LogP contribution in [0.25, 0.3) is 11.3 Å². The molecule has 1 aromatic carbocycles. The van der Waals surface area contributed by atoms with Crippen LogP contribution in [0.4, 0.5) is 13.2 Å². The zero-order valence-electron chi connectivity index (χ0n) is 10.4. The van der Waals surface area contributed by atoms with Gasteiger partial charge in [0.1, 0.15) is 0 Å². The summed E-state index contributed by atoms with van der Waals surface area (Å²) in [5.74, 6) is -0.612. The molecule has 1 aromatic heterocycles. The fourth-order valence-electron chi connectivity index (χ4n) is 1.75. The van der Waals surface area contributed by atoms with Crippen LogP contribution < -0.4 is 5.56 Å². The van der Waals surface area contributed by atoms with Gasteiger partial charge in [0, 0.05) is 32.7 Å². The van der Waals surface area contributed by atoms with Gasteiger partial charge in [0.05, 0.1) is 12.4 Å². The van der Waals surface area contributed by atoms with Crippen molar-refractivity contribution in [2.24, 2.45) is 0 Å². The summed E-state index contributed by atoms with van der Waals surface area (Å²) in [5.41, 5.74) is -0.544. The number of nitrogens with zero attached hydrogens (tertiary/aromatic N) is 1. The number of aromatic nitrogens is 1. The average Bonchev–Trinajstić information content (AvgIpc) is 2.37. The minimum absolute atomic E-state index is 0. The largest absolute Gasteiger partial charge is 0.336 e. The molecular weight excluding hydrogens is 539 g/mol. The fourth-order valence-corrected chi connectivity index (χ4v) is 2.72. The van der Waals surface area contributed by atoms with E-state index in [0.717, 1.165) is 4.57 Å². The minimum atomic E-state index is -2.72. The Morgan fingerprint density at radius 2 is 2.05 bits per heavy atom. The summed E-state index contributed by atoms with van der Waals surface area (Å²) in [7, 11) is 0. The Labute approximate surface area is 166 Å². The van der Waals surface area contributed by atoms with Crippen molar-refractivity contribution >= 4 is 38.5 Å². The predicted molar refractivity (Wildman–Crippen MR) is 81.4 cm³/mol. The van der Waals surface area contributed by atoms with Crippen LogP contribution in [0.1, 0.15) is 0 Å². The first-order chi connectivity index (χ1) is 9.41. The molecule has 0 N–H and O–H groups in total. The molecule has 0 saturated heterocycles. The van der Waals surface area contributed by atoms with Crippen LogP contribution >= 0.6 is 38.5 Å². The van der Waals surface area contributed by atoms with Crippen LogP contribution in [0.5, 0.6) is 0 Å².